The number of allylic oxidation sites excluding steroid dienone is 5. The van der Waals surface area contributed by atoms with Crippen LogP contribution < -0.4 is 0 Å². The Kier molecular flexibility index (Phi) is 7.99. The zero-order valence-electron chi connectivity index (χ0n) is 31.7. The van der Waals surface area contributed by atoms with Crippen molar-refractivity contribution in [3.05, 3.63) is 186 Å². The Morgan fingerprint density at radius 3 is 2.07 bits per heavy atom. The second kappa shape index (κ2) is 13.7. The van der Waals surface area contributed by atoms with Crippen LogP contribution in [-0.2, 0) is 0 Å². The van der Waals surface area contributed by atoms with Crippen molar-refractivity contribution in [3.8, 4) is 45.0 Å². The van der Waals surface area contributed by atoms with E-state index in [2.05, 4.69) is 164 Å². The predicted molar refractivity (Wildman–Crippen MR) is 245 cm³/mol. The number of nitrogens with zero attached hydrogens (tertiary/aromatic N) is 3. The maximum atomic E-state index is 5.35. The average molecular weight is 780 g/mol. The highest BCUT2D eigenvalue weighted by Crippen LogP contribution is 2.56. The summed E-state index contributed by atoms with van der Waals surface area (Å²) in [5, 5.41) is 3.80. The van der Waals surface area contributed by atoms with Gasteiger partial charge in [-0.15, -0.1) is 22.7 Å². The first-order valence-electron chi connectivity index (χ1n) is 20.2. The van der Waals surface area contributed by atoms with E-state index < -0.39 is 0 Å². The van der Waals surface area contributed by atoms with Gasteiger partial charge in [0.1, 0.15) is 5.82 Å². The van der Waals surface area contributed by atoms with Gasteiger partial charge in [0, 0.05) is 52.2 Å². The second-order valence-corrected chi connectivity index (χ2v) is 18.0. The molecule has 58 heavy (non-hydrogen) atoms. The molecule has 6 aromatic carbocycles. The Morgan fingerprint density at radius 2 is 1.22 bits per heavy atom. The molecule has 1 fully saturated rings. The third-order valence-electron chi connectivity index (χ3n) is 12.2. The van der Waals surface area contributed by atoms with Crippen LogP contribution in [0, 0.1) is 5.92 Å². The first kappa shape index (κ1) is 33.8. The molecule has 0 bridgehead atoms. The van der Waals surface area contributed by atoms with Gasteiger partial charge >= 0.3 is 0 Å². The fraction of sp³-hybridized carbons (Fsp3) is 0.113. The lowest BCUT2D eigenvalue weighted by Crippen LogP contribution is -2.09. The molecule has 12 rings (SSSR count). The van der Waals surface area contributed by atoms with Crippen LogP contribution in [0.15, 0.2) is 164 Å². The van der Waals surface area contributed by atoms with Crippen LogP contribution in [0.1, 0.15) is 52.9 Å². The Balaban J connectivity index is 0.951. The molecule has 3 aliphatic carbocycles. The maximum Gasteiger partial charge on any atom is 0.164 e. The second-order valence-electron chi connectivity index (χ2n) is 15.8. The summed E-state index contributed by atoms with van der Waals surface area (Å²) >= 11 is 3.83. The van der Waals surface area contributed by atoms with Gasteiger partial charge in [0.25, 0.3) is 0 Å². The lowest BCUT2D eigenvalue weighted by molar-refractivity contribution is 0.766. The van der Waals surface area contributed by atoms with Crippen molar-refractivity contribution >= 4 is 64.6 Å². The van der Waals surface area contributed by atoms with Gasteiger partial charge in [0.2, 0.25) is 0 Å². The summed E-state index contributed by atoms with van der Waals surface area (Å²) in [5.74, 6) is 3.82. The van der Waals surface area contributed by atoms with E-state index in [9.17, 15) is 0 Å². The van der Waals surface area contributed by atoms with Crippen LogP contribution in [0.25, 0.3) is 86.9 Å². The van der Waals surface area contributed by atoms with E-state index in [1.165, 1.54) is 82.1 Å². The molecule has 3 atom stereocenters. The Morgan fingerprint density at radius 1 is 0.500 bits per heavy atom. The van der Waals surface area contributed by atoms with Gasteiger partial charge in [-0.25, -0.2) is 15.0 Å². The van der Waals surface area contributed by atoms with E-state index in [4.69, 9.17) is 15.0 Å². The van der Waals surface area contributed by atoms with Gasteiger partial charge in [-0.3, -0.25) is 0 Å². The summed E-state index contributed by atoms with van der Waals surface area (Å²) in [6.45, 7) is 0. The zero-order chi connectivity index (χ0) is 38.2. The number of fused-ring (bicyclic) bond motifs is 8. The summed E-state index contributed by atoms with van der Waals surface area (Å²) in [5.41, 5.74) is 10.8. The minimum Gasteiger partial charge on any atom is -0.212 e. The van der Waals surface area contributed by atoms with E-state index in [0.29, 0.717) is 11.6 Å². The molecule has 0 amide bonds. The fourth-order valence-electron chi connectivity index (χ4n) is 9.08. The number of hydrogen-bond acceptors (Lipinski definition) is 5. The van der Waals surface area contributed by atoms with Crippen molar-refractivity contribution < 1.29 is 0 Å². The summed E-state index contributed by atoms with van der Waals surface area (Å²) < 4.78 is 3.86. The van der Waals surface area contributed by atoms with E-state index in [0.717, 1.165) is 35.2 Å². The molecule has 0 spiro atoms. The smallest absolute Gasteiger partial charge is 0.164 e. The molecule has 9 aromatic rings. The normalized spacial score (nSPS) is 18.3. The number of aromatic nitrogens is 3. The molecule has 3 nitrogen and oxygen atoms in total. The quantitative estimate of drug-likeness (QED) is 0.169. The maximum absolute atomic E-state index is 5.35. The largest absolute Gasteiger partial charge is 0.212 e. The molecule has 0 N–H and O–H groups in total. The Bertz CT molecular complexity index is 3150. The molecule has 3 aliphatic rings. The Labute approximate surface area is 345 Å². The lowest BCUT2D eigenvalue weighted by Gasteiger charge is -2.18. The van der Waals surface area contributed by atoms with E-state index in [-0.39, 0.29) is 5.92 Å². The van der Waals surface area contributed by atoms with Crippen molar-refractivity contribution in [1.29, 1.82) is 0 Å². The van der Waals surface area contributed by atoms with E-state index >= 15 is 0 Å². The molecule has 1 saturated carbocycles. The average Bonchev–Trinajstić information content (AvgIpc) is 3.88. The number of thiophene rings is 2. The lowest BCUT2D eigenvalue weighted by atomic mass is 9.91. The molecule has 0 saturated heterocycles. The van der Waals surface area contributed by atoms with Crippen molar-refractivity contribution in [2.24, 2.45) is 5.92 Å². The molecule has 3 heterocycles. The van der Waals surface area contributed by atoms with E-state index in [1.54, 1.807) is 4.88 Å². The van der Waals surface area contributed by atoms with Crippen LogP contribution in [0.5, 0.6) is 0 Å². The van der Waals surface area contributed by atoms with Crippen LogP contribution in [0.4, 0.5) is 0 Å². The predicted octanol–water partition coefficient (Wildman–Crippen LogP) is 14.8. The number of benzene rings is 6. The van der Waals surface area contributed by atoms with Crippen molar-refractivity contribution in [3.63, 3.8) is 0 Å². The Hall–Kier alpha value is -6.27. The molecule has 3 aromatic heterocycles. The third kappa shape index (κ3) is 5.88. The van der Waals surface area contributed by atoms with Crippen LogP contribution in [0.2, 0.25) is 0 Å². The molecular formula is C53H37N3S2. The summed E-state index contributed by atoms with van der Waals surface area (Å²) in [4.78, 5) is 17.4. The SMILES string of the molecule is C1=CC(c2ccc3c4c(sc3c2)C2CC2CC=C4)=CC(c2nc(-c3ccccc3)nc(-c3cccc4sc5ccc(-c6ccc(-c7ccccc7)cc6)cc5c34)n2)C1. The van der Waals surface area contributed by atoms with Crippen molar-refractivity contribution in [2.75, 3.05) is 0 Å². The highest BCUT2D eigenvalue weighted by Gasteiger charge is 2.41. The minimum absolute atomic E-state index is 0.0130. The monoisotopic (exact) mass is 779 g/mol. The van der Waals surface area contributed by atoms with Crippen molar-refractivity contribution in [1.82, 2.24) is 15.0 Å². The summed E-state index contributed by atoms with van der Waals surface area (Å²) in [7, 11) is 0. The highest BCUT2D eigenvalue weighted by atomic mass is 32.1. The molecule has 3 unspecified atom stereocenters. The van der Waals surface area contributed by atoms with Crippen molar-refractivity contribution in [2.45, 2.75) is 31.1 Å². The van der Waals surface area contributed by atoms with Crippen LogP contribution in [-0.4, -0.2) is 15.0 Å². The number of hydrogen-bond donors (Lipinski definition) is 0. The van der Waals surface area contributed by atoms with Gasteiger partial charge in [0.15, 0.2) is 11.6 Å². The molecule has 0 aliphatic heterocycles. The number of rotatable bonds is 6. The third-order valence-corrected chi connectivity index (χ3v) is 14.7. The topological polar surface area (TPSA) is 38.7 Å². The van der Waals surface area contributed by atoms with Crippen LogP contribution >= 0.6 is 22.7 Å². The standard InChI is InChI=1S/C53H37N3S2/c1-3-10-32(11-4-1)33-20-22-34(23-21-33)37-25-27-46-45(29-37)49-43(18-9-19-47(49)57-46)53-55-51(35-12-5-2-6-13-35)54-52(56-53)40-16-7-14-36(28-40)38-24-26-41-42-17-8-15-39-30-44(39)50(42)58-48(41)31-38/h1-14,17-29,31,39-40,44H,15-16,30H2. The molecule has 0 radical (unpaired) electrons. The summed E-state index contributed by atoms with van der Waals surface area (Å²) in [6.07, 6.45) is 15.1. The summed E-state index contributed by atoms with van der Waals surface area (Å²) in [6, 6.07) is 50.3. The fourth-order valence-corrected chi connectivity index (χ4v) is 11.6. The molecule has 276 valence electrons. The van der Waals surface area contributed by atoms with E-state index in [1.807, 2.05) is 28.7 Å². The minimum atomic E-state index is 0.0130. The van der Waals surface area contributed by atoms with Gasteiger partial charge in [0.05, 0.1) is 0 Å². The van der Waals surface area contributed by atoms with Gasteiger partial charge < -0.3 is 0 Å². The molecule has 5 heteroatoms. The van der Waals surface area contributed by atoms with Gasteiger partial charge in [-0.1, -0.05) is 146 Å². The van der Waals surface area contributed by atoms with Gasteiger partial charge in [-0.05, 0) is 94.3 Å². The van der Waals surface area contributed by atoms with Gasteiger partial charge in [-0.2, -0.15) is 0 Å². The van der Waals surface area contributed by atoms with Crippen LogP contribution in [0.3, 0.4) is 0 Å². The highest BCUT2D eigenvalue weighted by molar-refractivity contribution is 7.26. The first-order chi connectivity index (χ1) is 28.7. The zero-order valence-corrected chi connectivity index (χ0v) is 33.3. The molecular weight excluding hydrogens is 743 g/mol. The first-order valence-corrected chi connectivity index (χ1v) is 21.9.